The van der Waals surface area contributed by atoms with E-state index in [-0.39, 0.29) is 23.8 Å². The number of amides is 2. The van der Waals surface area contributed by atoms with E-state index in [0.717, 1.165) is 58.2 Å². The quantitative estimate of drug-likeness (QED) is 0.838. The maximum absolute atomic E-state index is 13.0. The van der Waals surface area contributed by atoms with Gasteiger partial charge in [0.05, 0.1) is 0 Å². The molecule has 2 fully saturated rings. The molecular formula is C19H24N2O2. The Morgan fingerprint density at radius 3 is 2.17 bits per heavy atom. The molecular weight excluding hydrogens is 288 g/mol. The average molecular weight is 312 g/mol. The molecule has 2 heterocycles. The maximum atomic E-state index is 13.0. The number of carbonyl (C=O) groups excluding carboxylic acids is 2. The van der Waals surface area contributed by atoms with Crippen molar-refractivity contribution < 1.29 is 9.59 Å². The fraction of sp³-hybridized carbons (Fsp3) is 0.579. The molecule has 1 atom stereocenters. The van der Waals surface area contributed by atoms with Gasteiger partial charge in [-0.2, -0.15) is 0 Å². The predicted molar refractivity (Wildman–Crippen MR) is 87.9 cm³/mol. The SMILES string of the molecule is O=C([C@H]1CCCN1C(=O)C1Cc2ccccc2C1)N1CCCC1. The van der Waals surface area contributed by atoms with Gasteiger partial charge in [0.1, 0.15) is 6.04 Å². The first-order valence-electron chi connectivity index (χ1n) is 8.90. The van der Waals surface area contributed by atoms with E-state index in [1.165, 1.54) is 11.1 Å². The maximum Gasteiger partial charge on any atom is 0.245 e. The van der Waals surface area contributed by atoms with Crippen molar-refractivity contribution in [3.05, 3.63) is 35.4 Å². The number of fused-ring (bicyclic) bond motifs is 1. The van der Waals surface area contributed by atoms with Crippen LogP contribution in [0.4, 0.5) is 0 Å². The van der Waals surface area contributed by atoms with Crippen molar-refractivity contribution in [1.82, 2.24) is 9.80 Å². The van der Waals surface area contributed by atoms with Crippen LogP contribution in [0.15, 0.2) is 24.3 Å². The molecule has 1 aromatic rings. The molecule has 3 aliphatic rings. The van der Waals surface area contributed by atoms with Crippen molar-refractivity contribution in [3.63, 3.8) is 0 Å². The van der Waals surface area contributed by atoms with E-state index in [1.54, 1.807) is 0 Å². The Kier molecular flexibility index (Phi) is 3.83. The molecule has 0 N–H and O–H groups in total. The fourth-order valence-electron chi connectivity index (χ4n) is 4.40. The summed E-state index contributed by atoms with van der Waals surface area (Å²) in [5.74, 6) is 0.402. The lowest BCUT2D eigenvalue weighted by molar-refractivity contribution is -0.145. The van der Waals surface area contributed by atoms with E-state index in [9.17, 15) is 9.59 Å². The highest BCUT2D eigenvalue weighted by atomic mass is 16.2. The van der Waals surface area contributed by atoms with Gasteiger partial charge in [0.15, 0.2) is 0 Å². The van der Waals surface area contributed by atoms with Crippen LogP contribution >= 0.6 is 0 Å². The topological polar surface area (TPSA) is 40.6 Å². The zero-order valence-electron chi connectivity index (χ0n) is 13.5. The van der Waals surface area contributed by atoms with Crippen LogP contribution in [0.1, 0.15) is 36.8 Å². The molecule has 0 spiro atoms. The molecule has 0 radical (unpaired) electrons. The molecule has 2 aliphatic heterocycles. The molecule has 4 rings (SSSR count). The lowest BCUT2D eigenvalue weighted by Gasteiger charge is -2.29. The van der Waals surface area contributed by atoms with Crippen molar-refractivity contribution in [2.45, 2.75) is 44.6 Å². The molecule has 2 amide bonds. The third-order valence-corrected chi connectivity index (χ3v) is 5.64. The van der Waals surface area contributed by atoms with E-state index in [4.69, 9.17) is 0 Å². The fourth-order valence-corrected chi connectivity index (χ4v) is 4.40. The van der Waals surface area contributed by atoms with Crippen LogP contribution < -0.4 is 0 Å². The number of hydrogen-bond donors (Lipinski definition) is 0. The number of hydrogen-bond acceptors (Lipinski definition) is 2. The van der Waals surface area contributed by atoms with E-state index in [1.807, 2.05) is 21.9 Å². The third kappa shape index (κ3) is 2.64. The molecule has 1 aliphatic carbocycles. The van der Waals surface area contributed by atoms with Crippen LogP contribution in [-0.2, 0) is 22.4 Å². The molecule has 4 nitrogen and oxygen atoms in total. The van der Waals surface area contributed by atoms with Crippen LogP contribution in [0, 0.1) is 5.92 Å². The molecule has 23 heavy (non-hydrogen) atoms. The summed E-state index contributed by atoms with van der Waals surface area (Å²) < 4.78 is 0. The van der Waals surface area contributed by atoms with Gasteiger partial charge in [0, 0.05) is 25.6 Å². The summed E-state index contributed by atoms with van der Waals surface area (Å²) in [6.07, 6.45) is 5.65. The van der Waals surface area contributed by atoms with Crippen LogP contribution in [0.5, 0.6) is 0 Å². The highest BCUT2D eigenvalue weighted by Gasteiger charge is 2.40. The Morgan fingerprint density at radius 2 is 1.52 bits per heavy atom. The molecule has 0 unspecified atom stereocenters. The molecule has 0 saturated carbocycles. The monoisotopic (exact) mass is 312 g/mol. The van der Waals surface area contributed by atoms with Crippen molar-refractivity contribution in [2.24, 2.45) is 5.92 Å². The Balaban J connectivity index is 1.46. The summed E-state index contributed by atoms with van der Waals surface area (Å²) in [6.45, 7) is 2.48. The van der Waals surface area contributed by atoms with Crippen molar-refractivity contribution in [2.75, 3.05) is 19.6 Å². The Hall–Kier alpha value is -1.84. The van der Waals surface area contributed by atoms with Crippen LogP contribution in [0.2, 0.25) is 0 Å². The minimum absolute atomic E-state index is 0.0272. The first kappa shape index (κ1) is 14.7. The number of benzene rings is 1. The molecule has 122 valence electrons. The Labute approximate surface area is 137 Å². The first-order chi connectivity index (χ1) is 11.2. The van der Waals surface area contributed by atoms with Crippen molar-refractivity contribution in [3.8, 4) is 0 Å². The van der Waals surface area contributed by atoms with Gasteiger partial charge in [-0.15, -0.1) is 0 Å². The molecule has 0 bridgehead atoms. The molecule has 0 aromatic heterocycles. The van der Waals surface area contributed by atoms with E-state index in [2.05, 4.69) is 12.1 Å². The van der Waals surface area contributed by atoms with Crippen LogP contribution in [0.3, 0.4) is 0 Å². The number of carbonyl (C=O) groups is 2. The van der Waals surface area contributed by atoms with Gasteiger partial charge < -0.3 is 9.80 Å². The summed E-state index contributed by atoms with van der Waals surface area (Å²) in [5.41, 5.74) is 2.60. The number of nitrogens with zero attached hydrogens (tertiary/aromatic N) is 2. The van der Waals surface area contributed by atoms with Crippen LogP contribution in [-0.4, -0.2) is 47.3 Å². The zero-order chi connectivity index (χ0) is 15.8. The highest BCUT2D eigenvalue weighted by Crippen LogP contribution is 2.31. The van der Waals surface area contributed by atoms with Gasteiger partial charge in [-0.1, -0.05) is 24.3 Å². The van der Waals surface area contributed by atoms with Gasteiger partial charge in [-0.25, -0.2) is 0 Å². The second-order valence-corrected chi connectivity index (χ2v) is 7.10. The summed E-state index contributed by atoms with van der Waals surface area (Å²) in [7, 11) is 0. The summed E-state index contributed by atoms with van der Waals surface area (Å²) in [4.78, 5) is 29.6. The second kappa shape index (κ2) is 5.99. The van der Waals surface area contributed by atoms with Gasteiger partial charge >= 0.3 is 0 Å². The van der Waals surface area contributed by atoms with E-state index in [0.29, 0.717) is 0 Å². The average Bonchev–Trinajstić information content (AvgIpc) is 3.32. The summed E-state index contributed by atoms with van der Waals surface area (Å²) >= 11 is 0. The summed E-state index contributed by atoms with van der Waals surface area (Å²) in [6, 6.07) is 8.13. The normalized spacial score (nSPS) is 24.3. The highest BCUT2D eigenvalue weighted by molar-refractivity contribution is 5.89. The van der Waals surface area contributed by atoms with Gasteiger partial charge in [0.2, 0.25) is 11.8 Å². The largest absolute Gasteiger partial charge is 0.341 e. The van der Waals surface area contributed by atoms with Gasteiger partial charge in [0.25, 0.3) is 0 Å². The van der Waals surface area contributed by atoms with Crippen molar-refractivity contribution >= 4 is 11.8 Å². The van der Waals surface area contributed by atoms with Gasteiger partial charge in [-0.3, -0.25) is 9.59 Å². The van der Waals surface area contributed by atoms with Crippen LogP contribution in [0.25, 0.3) is 0 Å². The first-order valence-corrected chi connectivity index (χ1v) is 8.90. The van der Waals surface area contributed by atoms with E-state index >= 15 is 0 Å². The minimum Gasteiger partial charge on any atom is -0.341 e. The standard InChI is InChI=1S/C19H24N2O2/c22-18(16-12-14-6-1-2-7-15(14)13-16)21-11-5-8-17(21)19(23)20-9-3-4-10-20/h1-2,6-7,16-17H,3-5,8-13H2/t17-/m1/s1. The number of rotatable bonds is 2. The predicted octanol–water partition coefficient (Wildman–Crippen LogP) is 2.01. The third-order valence-electron chi connectivity index (χ3n) is 5.64. The molecule has 4 heteroatoms. The lowest BCUT2D eigenvalue weighted by Crippen LogP contribution is -2.48. The second-order valence-electron chi connectivity index (χ2n) is 7.10. The molecule has 1 aromatic carbocycles. The van der Waals surface area contributed by atoms with Crippen molar-refractivity contribution in [1.29, 1.82) is 0 Å². The smallest absolute Gasteiger partial charge is 0.245 e. The Bertz CT molecular complexity index is 597. The Morgan fingerprint density at radius 1 is 0.870 bits per heavy atom. The minimum atomic E-state index is -0.204. The number of likely N-dealkylation sites (tertiary alicyclic amines) is 2. The lowest BCUT2D eigenvalue weighted by atomic mass is 10.0. The van der Waals surface area contributed by atoms with Gasteiger partial charge in [-0.05, 0) is 49.7 Å². The van der Waals surface area contributed by atoms with E-state index < -0.39 is 0 Å². The molecule has 2 saturated heterocycles. The summed E-state index contributed by atoms with van der Waals surface area (Å²) in [5, 5.41) is 0. The zero-order valence-corrected chi connectivity index (χ0v) is 13.5.